The summed E-state index contributed by atoms with van der Waals surface area (Å²) in [7, 11) is -3.54. The number of carbonyl (C=O) groups excluding carboxylic acids is 1. The summed E-state index contributed by atoms with van der Waals surface area (Å²) in [4.78, 5) is 13.2. The van der Waals surface area contributed by atoms with Gasteiger partial charge in [-0.2, -0.15) is 4.31 Å². The van der Waals surface area contributed by atoms with Crippen molar-refractivity contribution in [2.24, 2.45) is 0 Å². The van der Waals surface area contributed by atoms with Crippen LogP contribution in [0.5, 0.6) is 0 Å². The third-order valence-corrected chi connectivity index (χ3v) is 8.58. The number of anilines is 1. The van der Waals surface area contributed by atoms with E-state index < -0.39 is 16.1 Å². The molecule has 8 nitrogen and oxygen atoms in total. The molecule has 9 heteroatoms. The number of hydrogen-bond donors (Lipinski definition) is 1. The van der Waals surface area contributed by atoms with E-state index in [1.807, 2.05) is 48.5 Å². The van der Waals surface area contributed by atoms with Crippen LogP contribution in [0.15, 0.2) is 48.5 Å². The quantitative estimate of drug-likeness (QED) is 0.605. The number of rotatable bonds is 5. The highest BCUT2D eigenvalue weighted by molar-refractivity contribution is 7.89. The molecule has 2 aliphatic heterocycles. The Hall–Kier alpha value is -3.04. The highest BCUT2D eigenvalue weighted by Gasteiger charge is 2.38. The van der Waals surface area contributed by atoms with E-state index in [-0.39, 0.29) is 18.2 Å². The van der Waals surface area contributed by atoms with Gasteiger partial charge in [-0.05, 0) is 61.6 Å². The average molecular weight is 480 g/mol. The first-order valence-corrected chi connectivity index (χ1v) is 13.5. The maximum Gasteiger partial charge on any atom is 0.243 e. The minimum atomic E-state index is -3.54. The van der Waals surface area contributed by atoms with Crippen molar-refractivity contribution in [1.29, 1.82) is 0 Å². The normalized spacial score (nSPS) is 18.6. The van der Waals surface area contributed by atoms with E-state index in [4.69, 9.17) is 0 Å². The molecule has 1 aromatic heterocycles. The topological polar surface area (TPSA) is 97.2 Å². The van der Waals surface area contributed by atoms with Crippen LogP contribution >= 0.6 is 0 Å². The Balaban J connectivity index is 1.36. The summed E-state index contributed by atoms with van der Waals surface area (Å²) in [5, 5.41) is 11.7. The lowest BCUT2D eigenvalue weighted by molar-refractivity contribution is -0.120. The minimum Gasteiger partial charge on any atom is -0.325 e. The number of sulfonamides is 1. The van der Waals surface area contributed by atoms with Gasteiger partial charge in [0.1, 0.15) is 11.9 Å². The van der Waals surface area contributed by atoms with Crippen LogP contribution in [0.4, 0.5) is 5.69 Å². The van der Waals surface area contributed by atoms with E-state index in [0.29, 0.717) is 12.1 Å². The van der Waals surface area contributed by atoms with Crippen molar-refractivity contribution >= 4 is 21.6 Å². The van der Waals surface area contributed by atoms with Gasteiger partial charge >= 0.3 is 0 Å². The number of aromatic nitrogens is 3. The first-order valence-electron chi connectivity index (χ1n) is 11.9. The fourth-order valence-electron chi connectivity index (χ4n) is 4.81. The Bertz CT molecular complexity index is 1300. The number of nitrogens with zero attached hydrogens (tertiary/aromatic N) is 4. The van der Waals surface area contributed by atoms with E-state index in [2.05, 4.69) is 20.1 Å². The van der Waals surface area contributed by atoms with Crippen LogP contribution in [0.3, 0.4) is 0 Å². The van der Waals surface area contributed by atoms with Gasteiger partial charge in [0.25, 0.3) is 0 Å². The van der Waals surface area contributed by atoms with Crippen LogP contribution in [0.2, 0.25) is 0 Å². The highest BCUT2D eigenvalue weighted by atomic mass is 32.2. The molecule has 0 fully saturated rings. The second-order valence-corrected chi connectivity index (χ2v) is 11.1. The van der Waals surface area contributed by atoms with Crippen molar-refractivity contribution in [2.75, 3.05) is 11.1 Å². The molecule has 178 valence electrons. The summed E-state index contributed by atoms with van der Waals surface area (Å²) in [6.45, 7) is 2.73. The molecule has 2 aromatic carbocycles. The zero-order chi connectivity index (χ0) is 23.7. The van der Waals surface area contributed by atoms with E-state index in [0.717, 1.165) is 54.1 Å². The Kier molecular flexibility index (Phi) is 6.22. The fourth-order valence-corrected chi connectivity index (χ4v) is 6.03. The van der Waals surface area contributed by atoms with Crippen molar-refractivity contribution in [3.63, 3.8) is 0 Å². The Labute approximate surface area is 200 Å². The van der Waals surface area contributed by atoms with Gasteiger partial charge in [0.05, 0.1) is 5.75 Å². The number of nitrogens with one attached hydrogen (secondary N) is 1. The van der Waals surface area contributed by atoms with Crippen molar-refractivity contribution < 1.29 is 13.2 Å². The van der Waals surface area contributed by atoms with Gasteiger partial charge in [-0.3, -0.25) is 4.79 Å². The van der Waals surface area contributed by atoms with E-state index in [9.17, 15) is 13.2 Å². The van der Waals surface area contributed by atoms with E-state index in [1.165, 1.54) is 10.7 Å². The molecule has 1 N–H and O–H groups in total. The average Bonchev–Trinajstić information content (AvgIpc) is 3.11. The fraction of sp³-hybridized carbons (Fsp3) is 0.400. The Morgan fingerprint density at radius 2 is 1.79 bits per heavy atom. The van der Waals surface area contributed by atoms with Crippen molar-refractivity contribution in [3.05, 3.63) is 65.5 Å². The van der Waals surface area contributed by atoms with Crippen LogP contribution in [-0.4, -0.2) is 45.2 Å². The summed E-state index contributed by atoms with van der Waals surface area (Å²) in [5.41, 5.74) is 3.52. The molecular weight excluding hydrogens is 450 g/mol. The second-order valence-electron chi connectivity index (χ2n) is 8.90. The molecule has 1 amide bonds. The molecule has 0 aliphatic carbocycles. The maximum atomic E-state index is 13.2. The van der Waals surface area contributed by atoms with Gasteiger partial charge in [-0.1, -0.05) is 30.7 Å². The van der Waals surface area contributed by atoms with Crippen LogP contribution in [0.25, 0.3) is 11.4 Å². The lowest BCUT2D eigenvalue weighted by Gasteiger charge is -2.34. The van der Waals surface area contributed by atoms with Crippen LogP contribution in [0.1, 0.15) is 43.1 Å². The minimum absolute atomic E-state index is 0.0453. The Morgan fingerprint density at radius 1 is 1.03 bits per heavy atom. The summed E-state index contributed by atoms with van der Waals surface area (Å²) < 4.78 is 29.1. The molecule has 0 spiro atoms. The zero-order valence-electron chi connectivity index (χ0n) is 19.3. The lowest BCUT2D eigenvalue weighted by Crippen LogP contribution is -2.51. The third-order valence-electron chi connectivity index (χ3n) is 6.75. The predicted octanol–water partition coefficient (Wildman–Crippen LogP) is 3.39. The predicted molar refractivity (Wildman–Crippen MR) is 131 cm³/mol. The molecule has 34 heavy (non-hydrogen) atoms. The molecule has 0 saturated heterocycles. The molecular formula is C25H29N5O3S. The molecule has 0 unspecified atom stereocenters. The summed E-state index contributed by atoms with van der Waals surface area (Å²) in [6, 6.07) is 14.4. The number of carbonyl (C=O) groups is 1. The van der Waals surface area contributed by atoms with Crippen LogP contribution in [0, 0.1) is 0 Å². The van der Waals surface area contributed by atoms with Gasteiger partial charge in [0.15, 0.2) is 5.82 Å². The second kappa shape index (κ2) is 9.31. The molecule has 0 saturated carbocycles. The third kappa shape index (κ3) is 4.37. The summed E-state index contributed by atoms with van der Waals surface area (Å²) in [6.07, 6.45) is 4.76. The Morgan fingerprint density at radius 3 is 2.56 bits per heavy atom. The number of amides is 1. The van der Waals surface area contributed by atoms with Gasteiger partial charge in [0, 0.05) is 30.8 Å². The van der Waals surface area contributed by atoms with Crippen LogP contribution < -0.4 is 5.32 Å². The van der Waals surface area contributed by atoms with Crippen molar-refractivity contribution in [2.45, 2.75) is 58.2 Å². The molecule has 0 radical (unpaired) electrons. The molecule has 3 aromatic rings. The van der Waals surface area contributed by atoms with Crippen molar-refractivity contribution in [3.8, 4) is 11.4 Å². The molecule has 1 atom stereocenters. The van der Waals surface area contributed by atoms with Crippen molar-refractivity contribution in [1.82, 2.24) is 19.1 Å². The summed E-state index contributed by atoms with van der Waals surface area (Å²) in [5.74, 6) is 1.50. The maximum absolute atomic E-state index is 13.2. The first-order chi connectivity index (χ1) is 16.5. The SMILES string of the molecule is CCS(=O)(=O)N1Cc2ccccc2C[C@@H]1C(=O)Nc1ccc(-c2nnc3n2CCCCC3)cc1. The standard InChI is InChI=1S/C25H29N5O3S/c1-2-34(32,33)30-17-20-9-6-5-8-19(20)16-22(30)25(31)26-21-13-11-18(12-14-21)24-28-27-23-10-4-3-7-15-29(23)24/h5-6,8-9,11-14,22H,2-4,7,10,15-17H2,1H3,(H,26,31)/t22-/m1/s1. The number of aryl methyl sites for hydroxylation is 1. The number of benzene rings is 2. The molecule has 2 aliphatic rings. The highest BCUT2D eigenvalue weighted by Crippen LogP contribution is 2.28. The molecule has 3 heterocycles. The first kappa shape index (κ1) is 22.7. The van der Waals surface area contributed by atoms with E-state index in [1.54, 1.807) is 6.92 Å². The summed E-state index contributed by atoms with van der Waals surface area (Å²) >= 11 is 0. The van der Waals surface area contributed by atoms with Gasteiger partial charge in [0.2, 0.25) is 15.9 Å². The molecule has 0 bridgehead atoms. The number of fused-ring (bicyclic) bond motifs is 2. The lowest BCUT2D eigenvalue weighted by atomic mass is 9.95. The van der Waals surface area contributed by atoms with E-state index >= 15 is 0 Å². The van der Waals surface area contributed by atoms with Gasteiger partial charge in [-0.25, -0.2) is 8.42 Å². The zero-order valence-corrected chi connectivity index (χ0v) is 20.1. The molecule has 5 rings (SSSR count). The van der Waals surface area contributed by atoms with Gasteiger partial charge in [-0.15, -0.1) is 10.2 Å². The largest absolute Gasteiger partial charge is 0.325 e. The van der Waals surface area contributed by atoms with Gasteiger partial charge < -0.3 is 9.88 Å². The number of hydrogen-bond acceptors (Lipinski definition) is 5. The monoisotopic (exact) mass is 479 g/mol. The smallest absolute Gasteiger partial charge is 0.243 e. The van der Waals surface area contributed by atoms with Crippen LogP contribution in [-0.2, 0) is 40.7 Å².